The maximum Gasteiger partial charge on any atom is 0.417 e. The van der Waals surface area contributed by atoms with Gasteiger partial charge in [0.2, 0.25) is 5.91 Å². The molecule has 1 aromatic carbocycles. The molecule has 0 aliphatic heterocycles. The summed E-state index contributed by atoms with van der Waals surface area (Å²) in [5, 5.41) is 2.37. The standard InChI is InChI=1S/C11H7BrCl2F3NO/c12-8-2-1-5(3-6(8)11(15,16)17)18-9(19)7-4-10(7,13)14/h1-3,7H,4H2,(H,18,19). The molecule has 1 aliphatic rings. The number of anilines is 1. The fourth-order valence-corrected chi connectivity index (χ4v) is 2.53. The number of benzene rings is 1. The number of rotatable bonds is 2. The number of carbonyl (C=O) groups excluding carboxylic acids is 1. The molecular formula is C11H7BrCl2F3NO. The van der Waals surface area contributed by atoms with Gasteiger partial charge in [0.15, 0.2) is 0 Å². The summed E-state index contributed by atoms with van der Waals surface area (Å²) in [7, 11) is 0. The molecule has 1 saturated carbocycles. The normalized spacial score (nSPS) is 21.1. The molecule has 8 heteroatoms. The summed E-state index contributed by atoms with van der Waals surface area (Å²) in [4.78, 5) is 11.7. The molecule has 0 radical (unpaired) electrons. The van der Waals surface area contributed by atoms with Crippen molar-refractivity contribution in [3.63, 3.8) is 0 Å². The summed E-state index contributed by atoms with van der Waals surface area (Å²) in [5.74, 6) is -1.07. The topological polar surface area (TPSA) is 29.1 Å². The van der Waals surface area contributed by atoms with Crippen LogP contribution in [-0.2, 0) is 11.0 Å². The second-order valence-corrected chi connectivity index (χ2v) is 6.60. The zero-order chi connectivity index (χ0) is 14.4. The molecule has 1 atom stereocenters. The Morgan fingerprint density at radius 2 is 2.00 bits per heavy atom. The molecule has 104 valence electrons. The van der Waals surface area contributed by atoms with Crippen LogP contribution < -0.4 is 5.32 Å². The highest BCUT2D eigenvalue weighted by Gasteiger charge is 2.56. The molecule has 1 fully saturated rings. The van der Waals surface area contributed by atoms with Gasteiger partial charge in [-0.05, 0) is 24.6 Å². The zero-order valence-electron chi connectivity index (χ0n) is 9.19. The third-order valence-electron chi connectivity index (χ3n) is 2.68. The van der Waals surface area contributed by atoms with Gasteiger partial charge in [0.25, 0.3) is 0 Å². The predicted molar refractivity (Wildman–Crippen MR) is 70.3 cm³/mol. The van der Waals surface area contributed by atoms with E-state index in [0.717, 1.165) is 6.07 Å². The van der Waals surface area contributed by atoms with E-state index in [0.29, 0.717) is 6.42 Å². The van der Waals surface area contributed by atoms with Gasteiger partial charge in [-0.3, -0.25) is 4.79 Å². The van der Waals surface area contributed by atoms with Gasteiger partial charge in [0.05, 0.1) is 11.5 Å². The molecule has 0 heterocycles. The van der Waals surface area contributed by atoms with Gasteiger partial charge in [-0.25, -0.2) is 0 Å². The largest absolute Gasteiger partial charge is 0.417 e. The number of alkyl halides is 5. The van der Waals surface area contributed by atoms with E-state index in [-0.39, 0.29) is 10.2 Å². The van der Waals surface area contributed by atoms with Crippen LogP contribution in [0.5, 0.6) is 0 Å². The molecule has 1 amide bonds. The van der Waals surface area contributed by atoms with Gasteiger partial charge in [-0.1, -0.05) is 15.9 Å². The molecule has 2 rings (SSSR count). The molecule has 1 unspecified atom stereocenters. The second-order valence-electron chi connectivity index (χ2n) is 4.20. The predicted octanol–water partition coefficient (Wildman–Crippen LogP) is 4.60. The third-order valence-corrected chi connectivity index (χ3v) is 4.21. The lowest BCUT2D eigenvalue weighted by Gasteiger charge is -2.12. The van der Waals surface area contributed by atoms with E-state index in [4.69, 9.17) is 23.2 Å². The van der Waals surface area contributed by atoms with Crippen molar-refractivity contribution in [1.29, 1.82) is 0 Å². The molecule has 19 heavy (non-hydrogen) atoms. The SMILES string of the molecule is O=C(Nc1ccc(Br)c(C(F)(F)F)c1)C1CC1(Cl)Cl. The zero-order valence-corrected chi connectivity index (χ0v) is 12.3. The smallest absolute Gasteiger partial charge is 0.326 e. The van der Waals surface area contributed by atoms with Crippen LogP contribution in [0.2, 0.25) is 0 Å². The average molecular weight is 377 g/mol. The number of amides is 1. The third kappa shape index (κ3) is 3.35. The van der Waals surface area contributed by atoms with Gasteiger partial charge in [-0.15, -0.1) is 23.2 Å². The van der Waals surface area contributed by atoms with Crippen LogP contribution in [0.25, 0.3) is 0 Å². The van der Waals surface area contributed by atoms with Crippen molar-refractivity contribution in [1.82, 2.24) is 0 Å². The first kappa shape index (κ1) is 14.9. The van der Waals surface area contributed by atoms with E-state index >= 15 is 0 Å². The van der Waals surface area contributed by atoms with Crippen LogP contribution in [-0.4, -0.2) is 10.2 Å². The Kier molecular flexibility index (Phi) is 3.79. The maximum atomic E-state index is 12.7. The highest BCUT2D eigenvalue weighted by molar-refractivity contribution is 9.10. The van der Waals surface area contributed by atoms with Gasteiger partial charge < -0.3 is 5.32 Å². The van der Waals surface area contributed by atoms with Crippen LogP contribution in [0.3, 0.4) is 0 Å². The van der Waals surface area contributed by atoms with E-state index in [1.54, 1.807) is 0 Å². The number of nitrogens with one attached hydrogen (secondary N) is 1. The lowest BCUT2D eigenvalue weighted by atomic mass is 10.2. The van der Waals surface area contributed by atoms with Crippen molar-refractivity contribution in [2.24, 2.45) is 5.92 Å². The molecule has 2 nitrogen and oxygen atoms in total. The van der Waals surface area contributed by atoms with Gasteiger partial charge >= 0.3 is 6.18 Å². The molecule has 0 spiro atoms. The monoisotopic (exact) mass is 375 g/mol. The van der Waals surface area contributed by atoms with E-state index in [1.165, 1.54) is 12.1 Å². The Morgan fingerprint density at radius 3 is 2.47 bits per heavy atom. The molecule has 0 aromatic heterocycles. The van der Waals surface area contributed by atoms with Crippen LogP contribution in [0.1, 0.15) is 12.0 Å². The first-order chi connectivity index (χ1) is 8.61. The summed E-state index contributed by atoms with van der Waals surface area (Å²) in [6.07, 6.45) is -4.20. The second kappa shape index (κ2) is 4.82. The molecule has 0 bridgehead atoms. The van der Waals surface area contributed by atoms with Crippen LogP contribution in [0.4, 0.5) is 18.9 Å². The summed E-state index contributed by atoms with van der Waals surface area (Å²) in [6.45, 7) is 0. The van der Waals surface area contributed by atoms with Crippen LogP contribution in [0, 0.1) is 5.92 Å². The van der Waals surface area contributed by atoms with Crippen molar-refractivity contribution in [2.45, 2.75) is 16.9 Å². The molecular weight excluding hydrogens is 370 g/mol. The van der Waals surface area contributed by atoms with Crippen molar-refractivity contribution in [3.05, 3.63) is 28.2 Å². The minimum Gasteiger partial charge on any atom is -0.326 e. The maximum absolute atomic E-state index is 12.7. The molecule has 1 N–H and O–H groups in total. The first-order valence-electron chi connectivity index (χ1n) is 5.17. The fourth-order valence-electron chi connectivity index (χ4n) is 1.55. The summed E-state index contributed by atoms with van der Waals surface area (Å²) >= 11 is 14.2. The molecule has 0 saturated heterocycles. The molecule has 1 aromatic rings. The van der Waals surface area contributed by atoms with Gasteiger partial charge in [-0.2, -0.15) is 13.2 Å². The van der Waals surface area contributed by atoms with Crippen molar-refractivity contribution in [3.8, 4) is 0 Å². The van der Waals surface area contributed by atoms with E-state index in [2.05, 4.69) is 21.2 Å². The van der Waals surface area contributed by atoms with E-state index < -0.39 is 27.9 Å². The number of carbonyl (C=O) groups is 1. The Balaban J connectivity index is 2.16. The quantitative estimate of drug-likeness (QED) is 0.751. The van der Waals surface area contributed by atoms with Crippen molar-refractivity contribution >= 4 is 50.7 Å². The van der Waals surface area contributed by atoms with E-state index in [1.807, 2.05) is 0 Å². The Bertz CT molecular complexity index is 533. The first-order valence-corrected chi connectivity index (χ1v) is 6.71. The number of halogens is 6. The Morgan fingerprint density at radius 1 is 1.42 bits per heavy atom. The minimum absolute atomic E-state index is 0.0524. The lowest BCUT2D eigenvalue weighted by molar-refractivity contribution is -0.138. The average Bonchev–Trinajstić information content (AvgIpc) is 2.89. The Labute approximate surface area is 125 Å². The highest BCUT2D eigenvalue weighted by Crippen LogP contribution is 2.53. The van der Waals surface area contributed by atoms with Crippen LogP contribution >= 0.6 is 39.1 Å². The summed E-state index contributed by atoms with van der Waals surface area (Å²) in [6, 6.07) is 3.44. The number of hydrogen-bond acceptors (Lipinski definition) is 1. The lowest BCUT2D eigenvalue weighted by Crippen LogP contribution is -2.17. The van der Waals surface area contributed by atoms with Gasteiger partial charge in [0, 0.05) is 10.2 Å². The Hall–Kier alpha value is -0.460. The minimum atomic E-state index is -4.50. The van der Waals surface area contributed by atoms with Crippen molar-refractivity contribution < 1.29 is 18.0 Å². The highest BCUT2D eigenvalue weighted by atomic mass is 79.9. The summed E-state index contributed by atoms with van der Waals surface area (Å²) in [5.41, 5.74) is -0.805. The summed E-state index contributed by atoms with van der Waals surface area (Å²) < 4.78 is 36.8. The van der Waals surface area contributed by atoms with Crippen molar-refractivity contribution in [2.75, 3.05) is 5.32 Å². The van der Waals surface area contributed by atoms with Gasteiger partial charge in [0.1, 0.15) is 4.33 Å². The van der Waals surface area contributed by atoms with Crippen LogP contribution in [0.15, 0.2) is 22.7 Å². The van der Waals surface area contributed by atoms with E-state index in [9.17, 15) is 18.0 Å². The molecule has 1 aliphatic carbocycles. The fraction of sp³-hybridized carbons (Fsp3) is 0.364. The number of hydrogen-bond donors (Lipinski definition) is 1.